The van der Waals surface area contributed by atoms with Gasteiger partial charge in [0, 0.05) is 21.8 Å². The SMILES string of the molecule is C[NH+]1CCc2c(Br)cc3c(N=O)c(O)[nH]c3c2C1. The Balaban J connectivity index is 2.37. The number of nitrogens with zero attached hydrogens (tertiary/aromatic N) is 1. The summed E-state index contributed by atoms with van der Waals surface area (Å²) in [6, 6.07) is 1.86. The van der Waals surface area contributed by atoms with Crippen LogP contribution in [0.5, 0.6) is 5.88 Å². The van der Waals surface area contributed by atoms with Crippen molar-refractivity contribution in [2.75, 3.05) is 13.6 Å². The van der Waals surface area contributed by atoms with E-state index in [2.05, 4.69) is 33.1 Å². The van der Waals surface area contributed by atoms with Crippen molar-refractivity contribution in [2.24, 2.45) is 5.18 Å². The highest BCUT2D eigenvalue weighted by Gasteiger charge is 2.25. The number of rotatable bonds is 1. The molecule has 5 nitrogen and oxygen atoms in total. The lowest BCUT2D eigenvalue weighted by atomic mass is 9.97. The van der Waals surface area contributed by atoms with E-state index in [1.807, 2.05) is 6.07 Å². The fourth-order valence-corrected chi connectivity index (χ4v) is 3.33. The maximum Gasteiger partial charge on any atom is 0.219 e. The van der Waals surface area contributed by atoms with Crippen molar-refractivity contribution in [3.63, 3.8) is 0 Å². The van der Waals surface area contributed by atoms with Gasteiger partial charge >= 0.3 is 0 Å². The zero-order valence-electron chi connectivity index (χ0n) is 9.88. The first-order valence-electron chi connectivity index (χ1n) is 5.81. The Morgan fingerprint density at radius 2 is 2.28 bits per heavy atom. The summed E-state index contributed by atoms with van der Waals surface area (Å²) in [7, 11) is 2.14. The van der Waals surface area contributed by atoms with E-state index in [-0.39, 0.29) is 11.6 Å². The molecule has 1 aromatic carbocycles. The molecule has 0 amide bonds. The molecule has 3 N–H and O–H groups in total. The summed E-state index contributed by atoms with van der Waals surface area (Å²) in [6.45, 7) is 1.96. The molecule has 0 bridgehead atoms. The van der Waals surface area contributed by atoms with Crippen LogP contribution in [0.3, 0.4) is 0 Å². The fraction of sp³-hybridized carbons (Fsp3) is 0.333. The monoisotopic (exact) mass is 310 g/mol. The van der Waals surface area contributed by atoms with Gasteiger partial charge in [0.25, 0.3) is 0 Å². The van der Waals surface area contributed by atoms with Gasteiger partial charge in [0.15, 0.2) is 5.69 Å². The van der Waals surface area contributed by atoms with Crippen LogP contribution in [0.4, 0.5) is 5.69 Å². The first-order chi connectivity index (χ1) is 8.61. The standard InChI is InChI=1S/C12H12BrN3O2/c1-16-3-2-6-8(5-16)10-7(4-9(6)13)11(15-18)12(17)14-10/h4,14,17H,2-3,5H2,1H3/p+1. The molecule has 18 heavy (non-hydrogen) atoms. The van der Waals surface area contributed by atoms with Crippen molar-refractivity contribution in [2.45, 2.75) is 13.0 Å². The third-order valence-electron chi connectivity index (χ3n) is 3.59. The summed E-state index contributed by atoms with van der Waals surface area (Å²) < 4.78 is 0.987. The van der Waals surface area contributed by atoms with Crippen LogP contribution in [-0.2, 0) is 13.0 Å². The molecule has 1 unspecified atom stereocenters. The Morgan fingerprint density at radius 1 is 1.50 bits per heavy atom. The number of aromatic nitrogens is 1. The highest BCUT2D eigenvalue weighted by molar-refractivity contribution is 9.10. The van der Waals surface area contributed by atoms with Crippen LogP contribution >= 0.6 is 15.9 Å². The van der Waals surface area contributed by atoms with Crippen molar-refractivity contribution in [3.05, 3.63) is 26.6 Å². The van der Waals surface area contributed by atoms with Crippen molar-refractivity contribution >= 4 is 32.5 Å². The van der Waals surface area contributed by atoms with Gasteiger partial charge in [-0.15, -0.1) is 4.91 Å². The second-order valence-corrected chi connectivity index (χ2v) is 5.64. The highest BCUT2D eigenvalue weighted by atomic mass is 79.9. The number of hydrogen-bond donors (Lipinski definition) is 3. The van der Waals surface area contributed by atoms with E-state index in [1.54, 1.807) is 0 Å². The van der Waals surface area contributed by atoms with Crippen LogP contribution in [0.15, 0.2) is 15.7 Å². The number of quaternary nitrogens is 1. The van der Waals surface area contributed by atoms with E-state index in [0.717, 1.165) is 35.1 Å². The Hall–Kier alpha value is -1.40. The third kappa shape index (κ3) is 1.56. The molecule has 2 aromatic rings. The van der Waals surface area contributed by atoms with Gasteiger partial charge in [-0.2, -0.15) is 0 Å². The largest absolute Gasteiger partial charge is 0.493 e. The number of aromatic hydroxyl groups is 1. The Kier molecular flexibility index (Phi) is 2.64. The number of nitroso groups, excluding NO2 is 1. The van der Waals surface area contributed by atoms with Crippen molar-refractivity contribution < 1.29 is 10.0 Å². The molecule has 0 aliphatic carbocycles. The van der Waals surface area contributed by atoms with Crippen molar-refractivity contribution in [1.82, 2.24) is 4.98 Å². The second kappa shape index (κ2) is 4.07. The molecule has 0 saturated carbocycles. The highest BCUT2D eigenvalue weighted by Crippen LogP contribution is 2.40. The first kappa shape index (κ1) is 11.7. The third-order valence-corrected chi connectivity index (χ3v) is 4.30. The normalized spacial score (nSPS) is 18.9. The summed E-state index contributed by atoms with van der Waals surface area (Å²) in [4.78, 5) is 15.1. The molecule has 0 radical (unpaired) electrons. The van der Waals surface area contributed by atoms with Crippen LogP contribution in [-0.4, -0.2) is 23.7 Å². The van der Waals surface area contributed by atoms with Gasteiger partial charge in [0.05, 0.1) is 19.1 Å². The predicted molar refractivity (Wildman–Crippen MR) is 72.3 cm³/mol. The minimum absolute atomic E-state index is 0.0942. The Bertz CT molecular complexity index is 651. The van der Waals surface area contributed by atoms with Gasteiger partial charge in [0.2, 0.25) is 5.88 Å². The lowest BCUT2D eigenvalue weighted by Crippen LogP contribution is -3.08. The fourth-order valence-electron chi connectivity index (χ4n) is 2.66. The summed E-state index contributed by atoms with van der Waals surface area (Å²) in [5.41, 5.74) is 3.34. The van der Waals surface area contributed by atoms with Crippen LogP contribution in [0, 0.1) is 4.91 Å². The average molecular weight is 311 g/mol. The molecular weight excluding hydrogens is 298 g/mol. The van der Waals surface area contributed by atoms with E-state index in [0.29, 0.717) is 5.39 Å². The predicted octanol–water partition coefficient (Wildman–Crippen LogP) is 1.60. The topological polar surface area (TPSA) is 69.9 Å². The number of aromatic amines is 1. The van der Waals surface area contributed by atoms with Gasteiger partial charge in [-0.05, 0) is 16.8 Å². The molecule has 6 heteroatoms. The molecular formula is C12H13BrN3O2+. The number of benzene rings is 1. The summed E-state index contributed by atoms with van der Waals surface area (Å²) >= 11 is 3.55. The Morgan fingerprint density at radius 3 is 3.00 bits per heavy atom. The van der Waals surface area contributed by atoms with E-state index in [4.69, 9.17) is 0 Å². The van der Waals surface area contributed by atoms with E-state index in [1.165, 1.54) is 10.5 Å². The summed E-state index contributed by atoms with van der Waals surface area (Å²) in [5.74, 6) is -0.150. The number of fused-ring (bicyclic) bond motifs is 3. The van der Waals surface area contributed by atoms with Gasteiger partial charge in [0.1, 0.15) is 6.54 Å². The molecule has 1 atom stereocenters. The number of likely N-dealkylation sites (N-methyl/N-ethyl adjacent to an activating group) is 1. The minimum atomic E-state index is -0.150. The average Bonchev–Trinajstić information content (AvgIpc) is 2.65. The molecule has 94 valence electrons. The molecule has 0 fully saturated rings. The molecule has 0 saturated heterocycles. The summed E-state index contributed by atoms with van der Waals surface area (Å²) in [6.07, 6.45) is 0.987. The quantitative estimate of drug-likeness (QED) is 0.700. The van der Waals surface area contributed by atoms with E-state index in [9.17, 15) is 10.0 Å². The van der Waals surface area contributed by atoms with Gasteiger partial charge in [-0.25, -0.2) is 0 Å². The molecule has 2 heterocycles. The van der Waals surface area contributed by atoms with Crippen molar-refractivity contribution in [3.8, 4) is 5.88 Å². The molecule has 0 spiro atoms. The van der Waals surface area contributed by atoms with Crippen LogP contribution in [0.2, 0.25) is 0 Å². The van der Waals surface area contributed by atoms with Crippen LogP contribution in [0.25, 0.3) is 10.9 Å². The van der Waals surface area contributed by atoms with Gasteiger partial charge in [-0.1, -0.05) is 15.9 Å². The van der Waals surface area contributed by atoms with Crippen LogP contribution in [0.1, 0.15) is 11.1 Å². The Labute approximate surface area is 112 Å². The maximum atomic E-state index is 10.8. The lowest BCUT2D eigenvalue weighted by Gasteiger charge is -2.23. The first-order valence-corrected chi connectivity index (χ1v) is 6.60. The van der Waals surface area contributed by atoms with E-state index < -0.39 is 0 Å². The van der Waals surface area contributed by atoms with Gasteiger partial charge < -0.3 is 15.0 Å². The number of halogens is 1. The second-order valence-electron chi connectivity index (χ2n) is 4.79. The maximum absolute atomic E-state index is 10.8. The summed E-state index contributed by atoms with van der Waals surface area (Å²) in [5, 5.41) is 13.3. The molecule has 3 rings (SSSR count). The van der Waals surface area contributed by atoms with Gasteiger partial charge in [-0.3, -0.25) is 0 Å². The zero-order chi connectivity index (χ0) is 12.9. The molecule has 1 aromatic heterocycles. The van der Waals surface area contributed by atoms with Crippen molar-refractivity contribution in [1.29, 1.82) is 0 Å². The number of hydrogen-bond acceptors (Lipinski definition) is 3. The van der Waals surface area contributed by atoms with E-state index >= 15 is 0 Å². The number of H-pyrrole nitrogens is 1. The molecule has 1 aliphatic heterocycles. The smallest absolute Gasteiger partial charge is 0.219 e. The zero-order valence-corrected chi connectivity index (χ0v) is 11.5. The number of nitrogens with one attached hydrogen (secondary N) is 2. The lowest BCUT2D eigenvalue weighted by molar-refractivity contribution is -0.895. The molecule has 1 aliphatic rings. The minimum Gasteiger partial charge on any atom is -0.493 e. The van der Waals surface area contributed by atoms with Crippen LogP contribution < -0.4 is 4.90 Å².